The van der Waals surface area contributed by atoms with Crippen molar-refractivity contribution in [1.82, 2.24) is 0 Å². The molecule has 2 rings (SSSR count). The van der Waals surface area contributed by atoms with Crippen molar-refractivity contribution < 1.29 is 5.11 Å². The van der Waals surface area contributed by atoms with E-state index in [1.54, 1.807) is 0 Å². The average Bonchev–Trinajstić information content (AvgIpc) is 2.48. The number of anilines is 1. The molecule has 1 aliphatic heterocycles. The molecule has 1 heterocycles. The van der Waals surface area contributed by atoms with E-state index in [-0.39, 0.29) is 6.04 Å². The highest BCUT2D eigenvalue weighted by Gasteiger charge is 2.33. The van der Waals surface area contributed by atoms with Crippen molar-refractivity contribution in [2.24, 2.45) is 0 Å². The Hall–Kier alpha value is -0.730. The normalized spacial score (nSPS) is 20.4. The van der Waals surface area contributed by atoms with Gasteiger partial charge < -0.3 is 10.4 Å². The van der Waals surface area contributed by atoms with Crippen molar-refractivity contribution in [3.63, 3.8) is 0 Å². The minimum absolute atomic E-state index is 0.0531. The van der Waals surface area contributed by atoms with Crippen molar-refractivity contribution >= 4 is 17.3 Å². The van der Waals surface area contributed by atoms with E-state index in [9.17, 15) is 5.11 Å². The molecule has 0 aliphatic carbocycles. The second kappa shape index (κ2) is 3.14. The number of hydrogen-bond acceptors (Lipinski definition) is 2. The van der Waals surface area contributed by atoms with Crippen LogP contribution in [-0.2, 0) is 6.42 Å². The van der Waals surface area contributed by atoms with Gasteiger partial charge in [-0.25, -0.2) is 0 Å². The van der Waals surface area contributed by atoms with Crippen LogP contribution in [0.2, 0.25) is 5.02 Å². The SMILES string of the molecule is CC(C)(O)C1Cc2c(Cl)cccc2N1. The van der Waals surface area contributed by atoms with Gasteiger partial charge in [-0.3, -0.25) is 0 Å². The topological polar surface area (TPSA) is 32.3 Å². The molecule has 0 aromatic heterocycles. The Balaban J connectivity index is 2.31. The van der Waals surface area contributed by atoms with Crippen LogP contribution >= 0.6 is 11.6 Å². The summed E-state index contributed by atoms with van der Waals surface area (Å²) in [6, 6.07) is 5.85. The number of rotatable bonds is 1. The fourth-order valence-electron chi connectivity index (χ4n) is 1.77. The molecule has 76 valence electrons. The van der Waals surface area contributed by atoms with Gasteiger partial charge in [0.05, 0.1) is 11.6 Å². The number of aliphatic hydroxyl groups is 1. The first-order valence-corrected chi connectivity index (χ1v) is 5.12. The minimum atomic E-state index is -0.720. The van der Waals surface area contributed by atoms with Gasteiger partial charge in [0.15, 0.2) is 0 Å². The minimum Gasteiger partial charge on any atom is -0.388 e. The summed E-state index contributed by atoms with van der Waals surface area (Å²) in [4.78, 5) is 0. The van der Waals surface area contributed by atoms with Crippen molar-refractivity contribution in [3.8, 4) is 0 Å². The molecule has 0 spiro atoms. The number of benzene rings is 1. The summed E-state index contributed by atoms with van der Waals surface area (Å²) in [5.41, 5.74) is 1.44. The van der Waals surface area contributed by atoms with Crippen LogP contribution in [0, 0.1) is 0 Å². The standard InChI is InChI=1S/C11H14ClNO/c1-11(2,14)10-6-7-8(12)4-3-5-9(7)13-10/h3-5,10,13-14H,6H2,1-2H3. The zero-order valence-corrected chi connectivity index (χ0v) is 9.10. The summed E-state index contributed by atoms with van der Waals surface area (Å²) < 4.78 is 0. The molecule has 1 aromatic carbocycles. The van der Waals surface area contributed by atoms with E-state index in [4.69, 9.17) is 11.6 Å². The summed E-state index contributed by atoms with van der Waals surface area (Å²) in [6.07, 6.45) is 0.790. The number of halogens is 1. The quantitative estimate of drug-likeness (QED) is 0.748. The van der Waals surface area contributed by atoms with E-state index in [0.717, 1.165) is 22.7 Å². The Morgan fingerprint density at radius 1 is 1.50 bits per heavy atom. The highest BCUT2D eigenvalue weighted by Crippen LogP contribution is 2.34. The lowest BCUT2D eigenvalue weighted by molar-refractivity contribution is 0.0614. The molecule has 0 saturated heterocycles. The molecule has 1 atom stereocenters. The smallest absolute Gasteiger partial charge is 0.0795 e. The Kier molecular flexibility index (Phi) is 2.20. The molecule has 2 N–H and O–H groups in total. The Labute approximate surface area is 88.9 Å². The Morgan fingerprint density at radius 2 is 2.21 bits per heavy atom. The lowest BCUT2D eigenvalue weighted by atomic mass is 9.96. The van der Waals surface area contributed by atoms with E-state index in [2.05, 4.69) is 5.32 Å². The number of fused-ring (bicyclic) bond motifs is 1. The molecule has 1 aliphatic rings. The molecule has 1 aromatic rings. The largest absolute Gasteiger partial charge is 0.388 e. The van der Waals surface area contributed by atoms with Crippen molar-refractivity contribution in [2.75, 3.05) is 5.32 Å². The third kappa shape index (κ3) is 1.60. The molecule has 0 bridgehead atoms. The third-order valence-corrected chi connectivity index (χ3v) is 3.06. The van der Waals surface area contributed by atoms with E-state index < -0.39 is 5.60 Å². The van der Waals surface area contributed by atoms with Crippen molar-refractivity contribution in [1.29, 1.82) is 0 Å². The molecular formula is C11H14ClNO. The third-order valence-electron chi connectivity index (χ3n) is 2.71. The first kappa shape index (κ1) is 9.81. The second-order valence-corrected chi connectivity index (χ2v) is 4.73. The van der Waals surface area contributed by atoms with Crippen molar-refractivity contribution in [2.45, 2.75) is 31.9 Å². The zero-order valence-electron chi connectivity index (χ0n) is 8.34. The number of nitrogens with one attached hydrogen (secondary N) is 1. The molecule has 3 heteroatoms. The van der Waals surface area contributed by atoms with Gasteiger partial charge in [-0.15, -0.1) is 0 Å². The second-order valence-electron chi connectivity index (χ2n) is 4.32. The van der Waals surface area contributed by atoms with Gasteiger partial charge in [-0.1, -0.05) is 17.7 Å². The zero-order chi connectivity index (χ0) is 10.3. The molecule has 1 unspecified atom stereocenters. The Morgan fingerprint density at radius 3 is 2.79 bits per heavy atom. The van der Waals surface area contributed by atoms with Crippen LogP contribution in [0.1, 0.15) is 19.4 Å². The van der Waals surface area contributed by atoms with Gasteiger partial charge in [-0.05, 0) is 38.0 Å². The summed E-state index contributed by atoms with van der Waals surface area (Å²) >= 11 is 6.06. The van der Waals surface area contributed by atoms with Crippen LogP contribution in [0.5, 0.6) is 0 Å². The van der Waals surface area contributed by atoms with Crippen LogP contribution in [-0.4, -0.2) is 16.7 Å². The summed E-state index contributed by atoms with van der Waals surface area (Å²) in [7, 11) is 0. The van der Waals surface area contributed by atoms with Crippen LogP contribution in [0.4, 0.5) is 5.69 Å². The predicted molar refractivity (Wildman–Crippen MR) is 58.9 cm³/mol. The van der Waals surface area contributed by atoms with E-state index in [1.165, 1.54) is 0 Å². The first-order valence-electron chi connectivity index (χ1n) is 4.75. The Bertz CT molecular complexity index is 357. The maximum absolute atomic E-state index is 9.87. The van der Waals surface area contributed by atoms with Gasteiger partial charge in [0.25, 0.3) is 0 Å². The fraction of sp³-hybridized carbons (Fsp3) is 0.455. The summed E-state index contributed by atoms with van der Waals surface area (Å²) in [5, 5.41) is 13.9. The first-order chi connectivity index (χ1) is 6.48. The van der Waals surface area contributed by atoms with Gasteiger partial charge in [0, 0.05) is 10.7 Å². The highest BCUT2D eigenvalue weighted by molar-refractivity contribution is 6.31. The molecular weight excluding hydrogens is 198 g/mol. The van der Waals surface area contributed by atoms with Crippen LogP contribution in [0.3, 0.4) is 0 Å². The van der Waals surface area contributed by atoms with E-state index in [0.29, 0.717) is 0 Å². The molecule has 0 fully saturated rings. The predicted octanol–water partition coefficient (Wildman–Crippen LogP) is 2.45. The van der Waals surface area contributed by atoms with E-state index in [1.807, 2.05) is 32.0 Å². The molecule has 2 nitrogen and oxygen atoms in total. The molecule has 14 heavy (non-hydrogen) atoms. The maximum Gasteiger partial charge on any atom is 0.0795 e. The number of hydrogen-bond donors (Lipinski definition) is 2. The molecule has 0 radical (unpaired) electrons. The van der Waals surface area contributed by atoms with Gasteiger partial charge in [-0.2, -0.15) is 0 Å². The van der Waals surface area contributed by atoms with E-state index >= 15 is 0 Å². The summed E-state index contributed by atoms with van der Waals surface area (Å²) in [5.74, 6) is 0. The van der Waals surface area contributed by atoms with Crippen LogP contribution in [0.25, 0.3) is 0 Å². The van der Waals surface area contributed by atoms with Crippen LogP contribution < -0.4 is 5.32 Å². The van der Waals surface area contributed by atoms with Crippen LogP contribution in [0.15, 0.2) is 18.2 Å². The van der Waals surface area contributed by atoms with Gasteiger partial charge in [0.1, 0.15) is 0 Å². The summed E-state index contributed by atoms with van der Waals surface area (Å²) in [6.45, 7) is 3.62. The van der Waals surface area contributed by atoms with Crippen molar-refractivity contribution in [3.05, 3.63) is 28.8 Å². The lowest BCUT2D eigenvalue weighted by Gasteiger charge is -2.25. The highest BCUT2D eigenvalue weighted by atomic mass is 35.5. The lowest BCUT2D eigenvalue weighted by Crippen LogP contribution is -2.40. The monoisotopic (exact) mass is 211 g/mol. The fourth-order valence-corrected chi connectivity index (χ4v) is 2.02. The maximum atomic E-state index is 9.87. The average molecular weight is 212 g/mol. The molecule has 0 saturated carbocycles. The molecule has 0 amide bonds. The van der Waals surface area contributed by atoms with Gasteiger partial charge >= 0.3 is 0 Å². The van der Waals surface area contributed by atoms with Gasteiger partial charge in [0.2, 0.25) is 0 Å².